The number of aryl methyl sites for hydroxylation is 2. The molecule has 0 atom stereocenters. The molecule has 0 spiro atoms. The van der Waals surface area contributed by atoms with Crippen molar-refractivity contribution in [3.8, 4) is 0 Å². The van der Waals surface area contributed by atoms with E-state index in [2.05, 4.69) is 21.0 Å². The molecule has 0 saturated heterocycles. The molecule has 0 aliphatic heterocycles. The fourth-order valence-corrected chi connectivity index (χ4v) is 3.04. The molecule has 0 amide bonds. The highest BCUT2D eigenvalue weighted by molar-refractivity contribution is 9.10. The average Bonchev–Trinajstić information content (AvgIpc) is 2.83. The minimum atomic E-state index is 0.0318. The van der Waals surface area contributed by atoms with E-state index in [9.17, 15) is 4.79 Å². The summed E-state index contributed by atoms with van der Waals surface area (Å²) in [4.78, 5) is 13.0. The Morgan fingerprint density at radius 3 is 2.94 bits per heavy atom. The van der Waals surface area contributed by atoms with Crippen LogP contribution < -0.4 is 0 Å². The van der Waals surface area contributed by atoms with Crippen molar-refractivity contribution in [1.29, 1.82) is 0 Å². The van der Waals surface area contributed by atoms with Crippen LogP contribution in [0.25, 0.3) is 0 Å². The van der Waals surface area contributed by atoms with Crippen LogP contribution in [0.5, 0.6) is 0 Å². The molecule has 16 heavy (non-hydrogen) atoms. The Hall–Kier alpha value is -0.940. The first-order valence-electron chi connectivity index (χ1n) is 4.95. The molecule has 2 heterocycles. The van der Waals surface area contributed by atoms with Crippen LogP contribution in [0, 0.1) is 6.92 Å². The van der Waals surface area contributed by atoms with E-state index >= 15 is 0 Å². The number of ketones is 1. The van der Waals surface area contributed by atoms with E-state index in [0.717, 1.165) is 15.0 Å². The second kappa shape index (κ2) is 4.51. The van der Waals surface area contributed by atoms with Crippen LogP contribution in [0.15, 0.2) is 22.0 Å². The van der Waals surface area contributed by atoms with Gasteiger partial charge < -0.3 is 0 Å². The van der Waals surface area contributed by atoms with Gasteiger partial charge in [0, 0.05) is 11.0 Å². The van der Waals surface area contributed by atoms with Gasteiger partial charge in [0.1, 0.15) is 5.69 Å². The summed E-state index contributed by atoms with van der Waals surface area (Å²) in [5.74, 6) is 0.0318. The van der Waals surface area contributed by atoms with Crippen molar-refractivity contribution in [2.75, 3.05) is 0 Å². The molecule has 0 aliphatic carbocycles. The SMILES string of the molecule is CCn1nc(C)cc1C(=O)c1sccc1Br. The van der Waals surface area contributed by atoms with Crippen molar-refractivity contribution in [1.82, 2.24) is 9.78 Å². The minimum absolute atomic E-state index is 0.0318. The van der Waals surface area contributed by atoms with E-state index in [1.54, 1.807) is 4.68 Å². The molecule has 5 heteroatoms. The molecule has 0 bridgehead atoms. The maximum Gasteiger partial charge on any atom is 0.222 e. The van der Waals surface area contributed by atoms with E-state index in [4.69, 9.17) is 0 Å². The van der Waals surface area contributed by atoms with Crippen molar-refractivity contribution in [3.05, 3.63) is 38.3 Å². The number of carbonyl (C=O) groups excluding carboxylic acids is 1. The zero-order valence-electron chi connectivity index (χ0n) is 9.03. The second-order valence-corrected chi connectivity index (χ2v) is 5.18. The topological polar surface area (TPSA) is 34.9 Å². The lowest BCUT2D eigenvalue weighted by Crippen LogP contribution is -2.09. The third-order valence-corrected chi connectivity index (χ3v) is 4.09. The Balaban J connectivity index is 2.45. The molecule has 0 fully saturated rings. The molecule has 2 rings (SSSR count). The van der Waals surface area contributed by atoms with Gasteiger partial charge in [-0.05, 0) is 47.3 Å². The molecule has 0 unspecified atom stereocenters. The maximum absolute atomic E-state index is 12.2. The summed E-state index contributed by atoms with van der Waals surface area (Å²) in [6, 6.07) is 3.72. The van der Waals surface area contributed by atoms with E-state index in [1.807, 2.05) is 31.4 Å². The summed E-state index contributed by atoms with van der Waals surface area (Å²) in [6.45, 7) is 4.58. The van der Waals surface area contributed by atoms with Crippen LogP contribution in [0.4, 0.5) is 0 Å². The molecule has 2 aromatic rings. The van der Waals surface area contributed by atoms with Crippen molar-refractivity contribution in [2.24, 2.45) is 0 Å². The van der Waals surface area contributed by atoms with Crippen LogP contribution in [0.1, 0.15) is 28.0 Å². The van der Waals surface area contributed by atoms with Crippen LogP contribution in [-0.2, 0) is 6.54 Å². The average molecular weight is 299 g/mol. The van der Waals surface area contributed by atoms with Crippen LogP contribution in [0.2, 0.25) is 0 Å². The van der Waals surface area contributed by atoms with Gasteiger partial charge in [-0.2, -0.15) is 5.10 Å². The number of halogens is 1. The van der Waals surface area contributed by atoms with Gasteiger partial charge in [0.2, 0.25) is 5.78 Å². The summed E-state index contributed by atoms with van der Waals surface area (Å²) < 4.78 is 2.59. The van der Waals surface area contributed by atoms with Gasteiger partial charge in [-0.15, -0.1) is 11.3 Å². The van der Waals surface area contributed by atoms with Crippen LogP contribution in [0.3, 0.4) is 0 Å². The normalized spacial score (nSPS) is 10.7. The maximum atomic E-state index is 12.2. The lowest BCUT2D eigenvalue weighted by Gasteiger charge is -2.02. The standard InChI is InChI=1S/C11H11BrN2OS/c1-3-14-9(6-7(2)13-14)10(15)11-8(12)4-5-16-11/h4-6H,3H2,1-2H3. The summed E-state index contributed by atoms with van der Waals surface area (Å²) >= 11 is 4.82. The van der Waals surface area contributed by atoms with Crippen molar-refractivity contribution in [3.63, 3.8) is 0 Å². The highest BCUT2D eigenvalue weighted by Gasteiger charge is 2.18. The van der Waals surface area contributed by atoms with E-state index in [0.29, 0.717) is 12.2 Å². The van der Waals surface area contributed by atoms with Gasteiger partial charge in [0.25, 0.3) is 0 Å². The summed E-state index contributed by atoms with van der Waals surface area (Å²) in [7, 11) is 0. The van der Waals surface area contributed by atoms with Crippen molar-refractivity contribution < 1.29 is 4.79 Å². The molecule has 0 saturated carbocycles. The number of hydrogen-bond donors (Lipinski definition) is 0. The number of thiophene rings is 1. The molecular formula is C11H11BrN2OS. The first kappa shape index (κ1) is 11.5. The molecule has 0 N–H and O–H groups in total. The Labute approximate surface area is 106 Å². The lowest BCUT2D eigenvalue weighted by atomic mass is 10.2. The Morgan fingerprint density at radius 1 is 1.62 bits per heavy atom. The largest absolute Gasteiger partial charge is 0.286 e. The fourth-order valence-electron chi connectivity index (χ4n) is 1.54. The van der Waals surface area contributed by atoms with Crippen molar-refractivity contribution >= 4 is 33.0 Å². The van der Waals surface area contributed by atoms with E-state index in [1.165, 1.54) is 11.3 Å². The van der Waals surface area contributed by atoms with Gasteiger partial charge in [-0.25, -0.2) is 0 Å². The highest BCUT2D eigenvalue weighted by Crippen LogP contribution is 2.25. The predicted octanol–water partition coefficient (Wildman–Crippen LogP) is 3.27. The number of nitrogens with zero attached hydrogens (tertiary/aromatic N) is 2. The third-order valence-electron chi connectivity index (χ3n) is 2.26. The first-order valence-corrected chi connectivity index (χ1v) is 6.63. The quantitative estimate of drug-likeness (QED) is 0.815. The van der Waals surface area contributed by atoms with Gasteiger partial charge in [-0.3, -0.25) is 9.48 Å². The Kier molecular flexibility index (Phi) is 3.25. The number of aromatic nitrogens is 2. The summed E-state index contributed by atoms with van der Waals surface area (Å²) in [5, 5.41) is 6.17. The van der Waals surface area contributed by atoms with Gasteiger partial charge in [0.15, 0.2) is 0 Å². The Bertz CT molecular complexity index is 530. The molecule has 2 aromatic heterocycles. The van der Waals surface area contributed by atoms with Gasteiger partial charge in [0.05, 0.1) is 10.6 Å². The second-order valence-electron chi connectivity index (χ2n) is 3.41. The van der Waals surface area contributed by atoms with E-state index < -0.39 is 0 Å². The molecular weight excluding hydrogens is 288 g/mol. The van der Waals surface area contributed by atoms with Gasteiger partial charge in [-0.1, -0.05) is 0 Å². The molecule has 3 nitrogen and oxygen atoms in total. The van der Waals surface area contributed by atoms with Crippen molar-refractivity contribution in [2.45, 2.75) is 20.4 Å². The summed E-state index contributed by atoms with van der Waals surface area (Å²) in [6.07, 6.45) is 0. The number of hydrogen-bond acceptors (Lipinski definition) is 3. The predicted molar refractivity (Wildman–Crippen MR) is 68.1 cm³/mol. The van der Waals surface area contributed by atoms with Crippen LogP contribution >= 0.6 is 27.3 Å². The van der Waals surface area contributed by atoms with Crippen LogP contribution in [-0.4, -0.2) is 15.6 Å². The van der Waals surface area contributed by atoms with Gasteiger partial charge >= 0.3 is 0 Å². The lowest BCUT2D eigenvalue weighted by molar-refractivity contribution is 0.103. The number of rotatable bonds is 3. The smallest absolute Gasteiger partial charge is 0.222 e. The zero-order valence-corrected chi connectivity index (χ0v) is 11.4. The monoisotopic (exact) mass is 298 g/mol. The number of carbonyl (C=O) groups is 1. The summed E-state index contributed by atoms with van der Waals surface area (Å²) in [5.41, 5.74) is 1.53. The fraction of sp³-hybridized carbons (Fsp3) is 0.273. The third kappa shape index (κ3) is 1.97. The minimum Gasteiger partial charge on any atom is -0.286 e. The first-order chi connectivity index (χ1) is 7.63. The molecule has 0 radical (unpaired) electrons. The zero-order chi connectivity index (χ0) is 11.7. The molecule has 0 aromatic carbocycles. The highest BCUT2D eigenvalue weighted by atomic mass is 79.9. The Morgan fingerprint density at radius 2 is 2.38 bits per heavy atom. The molecule has 0 aliphatic rings. The molecule has 84 valence electrons. The van der Waals surface area contributed by atoms with E-state index in [-0.39, 0.29) is 5.78 Å².